The summed E-state index contributed by atoms with van der Waals surface area (Å²) in [5, 5.41) is 6.22. The monoisotopic (exact) mass is 526 g/mol. The molecular formula is C19H26F3IN4O2. The standard InChI is InChI=1S/C19H25F3N4O2.HI/c1-18(2,3)15-10-24-16(28-15)11-26-17(23-4)25-9-13-5-7-14(8-6-13)27-12-19(20,21)22;/h5-8,10H,9,11-12H2,1-4H3,(H2,23,25,26);1H. The van der Waals surface area contributed by atoms with E-state index in [-0.39, 0.29) is 35.1 Å². The highest BCUT2D eigenvalue weighted by atomic mass is 127. The van der Waals surface area contributed by atoms with Crippen molar-refractivity contribution >= 4 is 29.9 Å². The van der Waals surface area contributed by atoms with Crippen LogP contribution in [0.4, 0.5) is 13.2 Å². The molecular weight excluding hydrogens is 500 g/mol. The molecule has 2 N–H and O–H groups in total. The Morgan fingerprint density at radius 2 is 1.72 bits per heavy atom. The van der Waals surface area contributed by atoms with Crippen LogP contribution in [-0.4, -0.2) is 30.8 Å². The lowest BCUT2D eigenvalue weighted by Crippen LogP contribution is -2.36. The van der Waals surface area contributed by atoms with E-state index in [1.165, 1.54) is 12.1 Å². The van der Waals surface area contributed by atoms with E-state index in [1.54, 1.807) is 25.4 Å². The summed E-state index contributed by atoms with van der Waals surface area (Å²) in [7, 11) is 1.64. The van der Waals surface area contributed by atoms with Crippen LogP contribution in [0.3, 0.4) is 0 Å². The highest BCUT2D eigenvalue weighted by Crippen LogP contribution is 2.22. The Bertz CT molecular complexity index is 784. The van der Waals surface area contributed by atoms with Crippen LogP contribution in [0.25, 0.3) is 0 Å². The molecule has 29 heavy (non-hydrogen) atoms. The molecule has 0 amide bonds. The number of aliphatic imine (C=N–C) groups is 1. The molecule has 2 aromatic rings. The first-order valence-electron chi connectivity index (χ1n) is 8.75. The number of oxazole rings is 1. The van der Waals surface area contributed by atoms with Crippen molar-refractivity contribution < 1.29 is 22.3 Å². The van der Waals surface area contributed by atoms with Crippen molar-refractivity contribution in [2.75, 3.05) is 13.7 Å². The van der Waals surface area contributed by atoms with Gasteiger partial charge in [-0.25, -0.2) is 4.98 Å². The van der Waals surface area contributed by atoms with E-state index in [2.05, 4.69) is 25.3 Å². The van der Waals surface area contributed by atoms with Crippen molar-refractivity contribution in [3.63, 3.8) is 0 Å². The van der Waals surface area contributed by atoms with Gasteiger partial charge < -0.3 is 19.8 Å². The Morgan fingerprint density at radius 1 is 1.10 bits per heavy atom. The molecule has 0 unspecified atom stereocenters. The predicted octanol–water partition coefficient (Wildman–Crippen LogP) is 4.40. The van der Waals surface area contributed by atoms with Crippen LogP contribution in [0.15, 0.2) is 39.9 Å². The number of nitrogens with zero attached hydrogens (tertiary/aromatic N) is 2. The number of alkyl halides is 3. The first kappa shape index (κ1) is 25.1. The summed E-state index contributed by atoms with van der Waals surface area (Å²) in [6.45, 7) is 5.65. The van der Waals surface area contributed by atoms with E-state index < -0.39 is 12.8 Å². The Kier molecular flexibility index (Phi) is 9.24. The molecule has 6 nitrogen and oxygen atoms in total. The summed E-state index contributed by atoms with van der Waals surface area (Å²) in [6.07, 6.45) is -2.63. The molecule has 0 saturated heterocycles. The maximum Gasteiger partial charge on any atom is 0.422 e. The minimum absolute atomic E-state index is 0. The van der Waals surface area contributed by atoms with Crippen LogP contribution in [0.2, 0.25) is 0 Å². The number of nitrogens with one attached hydrogen (secondary N) is 2. The summed E-state index contributed by atoms with van der Waals surface area (Å²) in [4.78, 5) is 8.37. The number of aromatic nitrogens is 1. The highest BCUT2D eigenvalue weighted by Gasteiger charge is 2.28. The lowest BCUT2D eigenvalue weighted by molar-refractivity contribution is -0.153. The van der Waals surface area contributed by atoms with E-state index in [0.29, 0.717) is 24.9 Å². The molecule has 0 fully saturated rings. The van der Waals surface area contributed by atoms with Gasteiger partial charge in [-0.15, -0.1) is 24.0 Å². The van der Waals surface area contributed by atoms with Gasteiger partial charge in [0.15, 0.2) is 12.6 Å². The maximum atomic E-state index is 12.2. The average molecular weight is 526 g/mol. The summed E-state index contributed by atoms with van der Waals surface area (Å²) in [5.41, 5.74) is 0.759. The number of ether oxygens (including phenoxy) is 1. The van der Waals surface area contributed by atoms with Gasteiger partial charge in [-0.1, -0.05) is 32.9 Å². The van der Waals surface area contributed by atoms with Gasteiger partial charge in [-0.2, -0.15) is 13.2 Å². The lowest BCUT2D eigenvalue weighted by atomic mass is 9.94. The molecule has 0 spiro atoms. The Balaban J connectivity index is 0.00000420. The quantitative estimate of drug-likeness (QED) is 0.332. The maximum absolute atomic E-state index is 12.2. The molecule has 0 aliphatic carbocycles. The van der Waals surface area contributed by atoms with Gasteiger partial charge in [0.25, 0.3) is 0 Å². The molecule has 0 bridgehead atoms. The van der Waals surface area contributed by atoms with E-state index in [0.717, 1.165) is 11.3 Å². The number of hydrogen-bond acceptors (Lipinski definition) is 4. The molecule has 0 atom stereocenters. The number of rotatable bonds is 6. The zero-order valence-corrected chi connectivity index (χ0v) is 19.1. The molecule has 162 valence electrons. The van der Waals surface area contributed by atoms with Crippen molar-refractivity contribution in [1.29, 1.82) is 0 Å². The lowest BCUT2D eigenvalue weighted by Gasteiger charge is -2.13. The summed E-state index contributed by atoms with van der Waals surface area (Å²) >= 11 is 0. The van der Waals surface area contributed by atoms with E-state index >= 15 is 0 Å². The van der Waals surface area contributed by atoms with Crippen LogP contribution in [0.1, 0.15) is 38.0 Å². The zero-order chi connectivity index (χ0) is 20.8. The predicted molar refractivity (Wildman–Crippen MR) is 116 cm³/mol. The third-order valence-corrected chi connectivity index (χ3v) is 3.71. The fourth-order valence-corrected chi connectivity index (χ4v) is 2.17. The third-order valence-electron chi connectivity index (χ3n) is 3.71. The van der Waals surface area contributed by atoms with Gasteiger partial charge in [-0.3, -0.25) is 4.99 Å². The van der Waals surface area contributed by atoms with Crippen molar-refractivity contribution in [1.82, 2.24) is 15.6 Å². The van der Waals surface area contributed by atoms with Crippen molar-refractivity contribution in [2.24, 2.45) is 4.99 Å². The van der Waals surface area contributed by atoms with Gasteiger partial charge >= 0.3 is 6.18 Å². The molecule has 0 aliphatic rings. The van der Waals surface area contributed by atoms with Crippen molar-refractivity contribution in [2.45, 2.75) is 45.5 Å². The SMILES string of the molecule is CN=C(NCc1ccc(OCC(F)(F)F)cc1)NCc1ncc(C(C)(C)C)o1.I. The molecule has 0 aliphatic heterocycles. The van der Waals surface area contributed by atoms with Crippen LogP contribution in [0.5, 0.6) is 5.75 Å². The smallest absolute Gasteiger partial charge is 0.422 e. The third kappa shape index (κ3) is 8.92. The summed E-state index contributed by atoms with van der Waals surface area (Å²) in [5.74, 6) is 2.08. The molecule has 0 radical (unpaired) electrons. The Morgan fingerprint density at radius 3 is 2.24 bits per heavy atom. The number of benzene rings is 1. The van der Waals surface area contributed by atoms with Crippen molar-refractivity contribution in [3.05, 3.63) is 47.7 Å². The van der Waals surface area contributed by atoms with Crippen LogP contribution in [-0.2, 0) is 18.5 Å². The number of guanidine groups is 1. The van der Waals surface area contributed by atoms with Gasteiger partial charge in [-0.05, 0) is 17.7 Å². The molecule has 1 aromatic heterocycles. The Labute approximate surface area is 185 Å². The van der Waals surface area contributed by atoms with Crippen LogP contribution in [0, 0.1) is 0 Å². The summed E-state index contributed by atoms with van der Waals surface area (Å²) in [6, 6.07) is 6.38. The summed E-state index contributed by atoms with van der Waals surface area (Å²) < 4.78 is 46.9. The van der Waals surface area contributed by atoms with Gasteiger partial charge in [0.2, 0.25) is 5.89 Å². The largest absolute Gasteiger partial charge is 0.484 e. The fraction of sp³-hybridized carbons (Fsp3) is 0.474. The van der Waals surface area contributed by atoms with Gasteiger partial charge in [0.05, 0.1) is 12.7 Å². The first-order chi connectivity index (χ1) is 13.1. The first-order valence-corrected chi connectivity index (χ1v) is 8.75. The van der Waals surface area contributed by atoms with E-state index in [1.807, 2.05) is 20.8 Å². The zero-order valence-electron chi connectivity index (χ0n) is 16.8. The second kappa shape index (κ2) is 10.7. The highest BCUT2D eigenvalue weighted by molar-refractivity contribution is 14.0. The molecule has 1 aromatic carbocycles. The number of halogens is 4. The minimum atomic E-state index is -4.35. The molecule has 10 heteroatoms. The number of hydrogen-bond donors (Lipinski definition) is 2. The second-order valence-electron chi connectivity index (χ2n) is 7.20. The molecule has 2 rings (SSSR count). The Hall–Kier alpha value is -1.98. The van der Waals surface area contributed by atoms with Crippen LogP contribution >= 0.6 is 24.0 Å². The normalized spacial score (nSPS) is 12.3. The molecule has 0 saturated carbocycles. The van der Waals surface area contributed by atoms with Crippen molar-refractivity contribution in [3.8, 4) is 5.75 Å². The van der Waals surface area contributed by atoms with Gasteiger partial charge in [0.1, 0.15) is 11.5 Å². The fourth-order valence-electron chi connectivity index (χ4n) is 2.17. The van der Waals surface area contributed by atoms with Crippen LogP contribution < -0.4 is 15.4 Å². The molecule has 1 heterocycles. The second-order valence-corrected chi connectivity index (χ2v) is 7.20. The van der Waals surface area contributed by atoms with E-state index in [4.69, 9.17) is 4.42 Å². The average Bonchev–Trinajstić information content (AvgIpc) is 3.10. The van der Waals surface area contributed by atoms with E-state index in [9.17, 15) is 13.2 Å². The topological polar surface area (TPSA) is 71.7 Å². The minimum Gasteiger partial charge on any atom is -0.484 e. The van der Waals surface area contributed by atoms with Gasteiger partial charge in [0, 0.05) is 19.0 Å².